The van der Waals surface area contributed by atoms with Gasteiger partial charge in [-0.15, -0.1) is 0 Å². The number of fused-ring (bicyclic) bond motifs is 2. The Hall–Kier alpha value is -0.120. The van der Waals surface area contributed by atoms with Crippen molar-refractivity contribution in [2.75, 3.05) is 46.4 Å². The summed E-state index contributed by atoms with van der Waals surface area (Å²) in [6.45, 7) is 8.72. The molecule has 2 bridgehead atoms. The summed E-state index contributed by atoms with van der Waals surface area (Å²) in [5.74, 6) is 2.35. The van der Waals surface area contributed by atoms with Crippen molar-refractivity contribution in [2.45, 2.75) is 13.3 Å². The Balaban J connectivity index is 2.03. The molecular weight excluding hydrogens is 188 g/mol. The van der Waals surface area contributed by atoms with Gasteiger partial charge in [-0.05, 0) is 37.8 Å². The minimum Gasteiger partial charge on any atom is -0.396 e. The molecule has 0 radical (unpaired) electrons. The van der Waals surface area contributed by atoms with Crippen molar-refractivity contribution in [3.8, 4) is 0 Å². The van der Waals surface area contributed by atoms with Gasteiger partial charge >= 0.3 is 0 Å². The minimum absolute atomic E-state index is 0.369. The molecule has 2 atom stereocenters. The van der Waals surface area contributed by atoms with E-state index in [0.717, 1.165) is 24.2 Å². The van der Waals surface area contributed by atoms with Crippen LogP contribution in [0.1, 0.15) is 13.3 Å². The van der Waals surface area contributed by atoms with Gasteiger partial charge in [0.15, 0.2) is 0 Å². The van der Waals surface area contributed by atoms with E-state index in [4.69, 9.17) is 5.11 Å². The van der Waals surface area contributed by atoms with Gasteiger partial charge < -0.3 is 14.9 Å². The molecule has 0 aromatic rings. The minimum atomic E-state index is 0.369. The van der Waals surface area contributed by atoms with E-state index in [-0.39, 0.29) is 0 Å². The van der Waals surface area contributed by atoms with E-state index in [2.05, 4.69) is 23.8 Å². The van der Waals surface area contributed by atoms with Crippen LogP contribution < -0.4 is 0 Å². The average molecular weight is 212 g/mol. The summed E-state index contributed by atoms with van der Waals surface area (Å²) in [7, 11) is 2.23. The molecule has 1 N–H and O–H groups in total. The predicted molar refractivity (Wildman–Crippen MR) is 61.8 cm³/mol. The van der Waals surface area contributed by atoms with Gasteiger partial charge in [-0.25, -0.2) is 0 Å². The standard InChI is InChI=1S/C12H24N2O/c1-3-14-8-10-6-13(2)7-11(9-14)12(10)4-5-15/h10-12,15H,3-9H2,1-2H3. The van der Waals surface area contributed by atoms with Crippen LogP contribution in [0.3, 0.4) is 0 Å². The van der Waals surface area contributed by atoms with E-state index < -0.39 is 0 Å². The van der Waals surface area contributed by atoms with Crippen molar-refractivity contribution in [1.29, 1.82) is 0 Å². The van der Waals surface area contributed by atoms with Gasteiger partial charge in [0.2, 0.25) is 0 Å². The lowest BCUT2D eigenvalue weighted by molar-refractivity contribution is -0.0198. The summed E-state index contributed by atoms with van der Waals surface area (Å²) in [6.07, 6.45) is 1.01. The summed E-state index contributed by atoms with van der Waals surface area (Å²) >= 11 is 0. The molecule has 2 saturated heterocycles. The molecule has 3 nitrogen and oxygen atoms in total. The molecule has 88 valence electrons. The Morgan fingerprint density at radius 1 is 1.13 bits per heavy atom. The molecule has 2 fully saturated rings. The topological polar surface area (TPSA) is 26.7 Å². The number of hydrogen-bond donors (Lipinski definition) is 1. The molecule has 2 heterocycles. The summed E-state index contributed by atoms with van der Waals surface area (Å²) < 4.78 is 0. The van der Waals surface area contributed by atoms with E-state index in [1.807, 2.05) is 0 Å². The van der Waals surface area contributed by atoms with Gasteiger partial charge in [-0.2, -0.15) is 0 Å². The van der Waals surface area contributed by atoms with E-state index in [9.17, 15) is 0 Å². The van der Waals surface area contributed by atoms with Crippen LogP contribution in [0.15, 0.2) is 0 Å². The Morgan fingerprint density at radius 3 is 2.20 bits per heavy atom. The molecule has 0 spiro atoms. The number of likely N-dealkylation sites (tertiary alicyclic amines) is 2. The van der Waals surface area contributed by atoms with Gasteiger partial charge in [0.25, 0.3) is 0 Å². The molecule has 2 aliphatic heterocycles. The molecule has 0 aliphatic carbocycles. The smallest absolute Gasteiger partial charge is 0.0433 e. The third-order valence-corrected chi connectivity index (χ3v) is 4.20. The fourth-order valence-corrected chi connectivity index (χ4v) is 3.53. The summed E-state index contributed by atoms with van der Waals surface area (Å²) in [5.41, 5.74) is 0. The van der Waals surface area contributed by atoms with E-state index in [1.54, 1.807) is 0 Å². The Bertz CT molecular complexity index is 194. The molecule has 15 heavy (non-hydrogen) atoms. The maximum absolute atomic E-state index is 9.14. The lowest BCUT2D eigenvalue weighted by Crippen LogP contribution is -2.56. The number of rotatable bonds is 3. The Kier molecular flexibility index (Phi) is 3.65. The van der Waals surface area contributed by atoms with Crippen LogP contribution in [0, 0.1) is 17.8 Å². The zero-order valence-electron chi connectivity index (χ0n) is 10.0. The Morgan fingerprint density at radius 2 is 1.73 bits per heavy atom. The van der Waals surface area contributed by atoms with Crippen LogP contribution in [-0.4, -0.2) is 61.3 Å². The van der Waals surface area contributed by atoms with Crippen molar-refractivity contribution in [3.05, 3.63) is 0 Å². The highest BCUT2D eigenvalue weighted by atomic mass is 16.3. The summed E-state index contributed by atoms with van der Waals surface area (Å²) in [4.78, 5) is 5.05. The highest BCUT2D eigenvalue weighted by Crippen LogP contribution is 2.35. The van der Waals surface area contributed by atoms with Gasteiger partial charge in [-0.1, -0.05) is 6.92 Å². The largest absolute Gasteiger partial charge is 0.396 e. The summed E-state index contributed by atoms with van der Waals surface area (Å²) in [6, 6.07) is 0. The molecular formula is C12H24N2O. The number of hydrogen-bond acceptors (Lipinski definition) is 3. The van der Waals surface area contributed by atoms with Crippen molar-refractivity contribution in [3.63, 3.8) is 0 Å². The van der Waals surface area contributed by atoms with E-state index in [0.29, 0.717) is 6.61 Å². The first-order valence-electron chi connectivity index (χ1n) is 6.26. The average Bonchev–Trinajstić information content (AvgIpc) is 2.19. The van der Waals surface area contributed by atoms with Crippen LogP contribution in [0.4, 0.5) is 0 Å². The molecule has 2 rings (SSSR count). The molecule has 0 aromatic heterocycles. The van der Waals surface area contributed by atoms with Gasteiger partial charge in [-0.3, -0.25) is 0 Å². The third kappa shape index (κ3) is 2.35. The predicted octanol–water partition coefficient (Wildman–Crippen LogP) is 0.498. The SMILES string of the molecule is CCN1CC2CN(C)CC(C1)C2CCO. The van der Waals surface area contributed by atoms with Gasteiger partial charge in [0.1, 0.15) is 0 Å². The maximum Gasteiger partial charge on any atom is 0.0433 e. The van der Waals surface area contributed by atoms with Crippen molar-refractivity contribution in [2.24, 2.45) is 17.8 Å². The monoisotopic (exact) mass is 212 g/mol. The fourth-order valence-electron chi connectivity index (χ4n) is 3.53. The molecule has 2 unspecified atom stereocenters. The quantitative estimate of drug-likeness (QED) is 0.738. The number of piperidine rings is 2. The van der Waals surface area contributed by atoms with Crippen LogP contribution in [-0.2, 0) is 0 Å². The summed E-state index contributed by atoms with van der Waals surface area (Å²) in [5, 5.41) is 9.14. The molecule has 0 amide bonds. The van der Waals surface area contributed by atoms with Crippen LogP contribution >= 0.6 is 0 Å². The lowest BCUT2D eigenvalue weighted by atomic mass is 9.72. The van der Waals surface area contributed by atoms with E-state index in [1.165, 1.54) is 32.7 Å². The molecule has 0 aromatic carbocycles. The lowest BCUT2D eigenvalue weighted by Gasteiger charge is -2.50. The van der Waals surface area contributed by atoms with Crippen molar-refractivity contribution < 1.29 is 5.11 Å². The fraction of sp³-hybridized carbons (Fsp3) is 1.00. The second-order valence-electron chi connectivity index (χ2n) is 5.27. The zero-order chi connectivity index (χ0) is 10.8. The van der Waals surface area contributed by atoms with E-state index >= 15 is 0 Å². The van der Waals surface area contributed by atoms with Crippen LogP contribution in [0.2, 0.25) is 0 Å². The van der Waals surface area contributed by atoms with Crippen molar-refractivity contribution >= 4 is 0 Å². The highest BCUT2D eigenvalue weighted by molar-refractivity contribution is 4.92. The first-order valence-corrected chi connectivity index (χ1v) is 6.26. The Labute approximate surface area is 93.1 Å². The van der Waals surface area contributed by atoms with Crippen LogP contribution in [0.25, 0.3) is 0 Å². The van der Waals surface area contributed by atoms with Gasteiger partial charge in [0, 0.05) is 32.8 Å². The third-order valence-electron chi connectivity index (χ3n) is 4.20. The maximum atomic E-state index is 9.14. The molecule has 3 heteroatoms. The second-order valence-corrected chi connectivity index (χ2v) is 5.27. The highest BCUT2D eigenvalue weighted by Gasteiger charge is 2.40. The van der Waals surface area contributed by atoms with Crippen LogP contribution in [0.5, 0.6) is 0 Å². The van der Waals surface area contributed by atoms with Gasteiger partial charge in [0.05, 0.1) is 0 Å². The normalized spacial score (nSPS) is 38.2. The molecule has 0 saturated carbocycles. The number of aliphatic hydroxyl groups is 1. The second kappa shape index (κ2) is 4.81. The first kappa shape index (κ1) is 11.4. The van der Waals surface area contributed by atoms with Crippen molar-refractivity contribution in [1.82, 2.24) is 9.80 Å². The first-order chi connectivity index (χ1) is 7.24. The molecule has 2 aliphatic rings. The zero-order valence-corrected chi connectivity index (χ0v) is 10.0. The number of aliphatic hydroxyl groups excluding tert-OH is 1. The number of nitrogens with zero attached hydrogens (tertiary/aromatic N) is 2.